The van der Waals surface area contributed by atoms with Crippen LogP contribution in [0.3, 0.4) is 0 Å². The van der Waals surface area contributed by atoms with Gasteiger partial charge in [-0.05, 0) is 30.2 Å². The highest BCUT2D eigenvalue weighted by Crippen LogP contribution is 2.31. The molecule has 5 heteroatoms. The van der Waals surface area contributed by atoms with Crippen LogP contribution < -0.4 is 5.73 Å². The van der Waals surface area contributed by atoms with E-state index in [4.69, 9.17) is 22.4 Å². The Morgan fingerprint density at radius 1 is 1.21 bits per heavy atom. The number of hydrazone groups is 1. The molecule has 1 atom stereocenters. The number of hydrogen-bond acceptors (Lipinski definition) is 3. The number of nitrogens with zero attached hydrogens (tertiary/aromatic N) is 3. The molecule has 0 saturated carbocycles. The summed E-state index contributed by atoms with van der Waals surface area (Å²) in [5.74, 6) is 1.14. The van der Waals surface area contributed by atoms with Crippen molar-refractivity contribution in [2.75, 3.05) is 6.54 Å². The molecular weight excluding hydrogens is 320 g/mol. The standard InChI is InChI=1S/C19H19ClN4/c1-13(21)22-14(2)24-12-18(15-6-4-3-5-7-15)19(23-24)16-8-10-17(20)11-9-16/h3-11,18H,2,12H2,1H3,(H2,21,22). The predicted octanol–water partition coefficient (Wildman–Crippen LogP) is 3.99. The first-order valence-corrected chi connectivity index (χ1v) is 8.09. The summed E-state index contributed by atoms with van der Waals surface area (Å²) >= 11 is 6.01. The summed E-state index contributed by atoms with van der Waals surface area (Å²) in [5.41, 5.74) is 8.89. The van der Waals surface area contributed by atoms with Crippen molar-refractivity contribution in [2.24, 2.45) is 15.8 Å². The minimum atomic E-state index is 0.136. The lowest BCUT2D eigenvalue weighted by Gasteiger charge is -2.16. The molecule has 0 aromatic heterocycles. The summed E-state index contributed by atoms with van der Waals surface area (Å²) in [6.07, 6.45) is 0. The van der Waals surface area contributed by atoms with Crippen molar-refractivity contribution in [1.82, 2.24) is 5.01 Å². The molecular formula is C19H19ClN4. The smallest absolute Gasteiger partial charge is 0.143 e. The van der Waals surface area contributed by atoms with Crippen LogP contribution in [0, 0.1) is 0 Å². The summed E-state index contributed by atoms with van der Waals surface area (Å²) in [6, 6.07) is 18.0. The molecule has 0 radical (unpaired) electrons. The van der Waals surface area contributed by atoms with Gasteiger partial charge >= 0.3 is 0 Å². The summed E-state index contributed by atoms with van der Waals surface area (Å²) in [5, 5.41) is 7.25. The van der Waals surface area contributed by atoms with E-state index in [1.807, 2.05) is 42.5 Å². The molecule has 0 saturated heterocycles. The number of nitrogens with two attached hydrogens (primary N) is 1. The van der Waals surface area contributed by atoms with Crippen LogP contribution in [0.25, 0.3) is 0 Å². The summed E-state index contributed by atoms with van der Waals surface area (Å²) in [7, 11) is 0. The molecule has 1 heterocycles. The minimum Gasteiger partial charge on any atom is -0.387 e. The van der Waals surface area contributed by atoms with E-state index < -0.39 is 0 Å². The third kappa shape index (κ3) is 3.49. The van der Waals surface area contributed by atoms with Crippen molar-refractivity contribution >= 4 is 23.1 Å². The normalized spacial score (nSPS) is 17.8. The molecule has 0 amide bonds. The lowest BCUT2D eigenvalue weighted by atomic mass is 9.91. The second-order valence-corrected chi connectivity index (χ2v) is 6.14. The summed E-state index contributed by atoms with van der Waals surface area (Å²) in [4.78, 5) is 4.23. The quantitative estimate of drug-likeness (QED) is 0.677. The van der Waals surface area contributed by atoms with Crippen LogP contribution in [-0.2, 0) is 0 Å². The van der Waals surface area contributed by atoms with Crippen LogP contribution in [0.2, 0.25) is 5.02 Å². The minimum absolute atomic E-state index is 0.136. The van der Waals surface area contributed by atoms with Gasteiger partial charge in [0.1, 0.15) is 5.82 Å². The maximum absolute atomic E-state index is 6.01. The van der Waals surface area contributed by atoms with E-state index in [1.165, 1.54) is 5.56 Å². The second-order valence-electron chi connectivity index (χ2n) is 5.71. The Balaban J connectivity index is 1.99. The second kappa shape index (κ2) is 6.89. The Kier molecular flexibility index (Phi) is 4.67. The third-order valence-electron chi connectivity index (χ3n) is 3.86. The zero-order valence-electron chi connectivity index (χ0n) is 13.5. The molecule has 1 aliphatic heterocycles. The largest absolute Gasteiger partial charge is 0.387 e. The van der Waals surface area contributed by atoms with Gasteiger partial charge in [0.15, 0.2) is 0 Å². The first-order valence-electron chi connectivity index (χ1n) is 7.71. The van der Waals surface area contributed by atoms with Gasteiger partial charge in [-0.3, -0.25) is 0 Å². The molecule has 2 aromatic carbocycles. The number of halogens is 1. The maximum Gasteiger partial charge on any atom is 0.143 e. The average molecular weight is 339 g/mol. The van der Waals surface area contributed by atoms with Crippen molar-refractivity contribution in [1.29, 1.82) is 0 Å². The maximum atomic E-state index is 6.01. The zero-order chi connectivity index (χ0) is 17.1. The molecule has 0 aliphatic carbocycles. The van der Waals surface area contributed by atoms with Crippen LogP contribution >= 0.6 is 11.6 Å². The van der Waals surface area contributed by atoms with Gasteiger partial charge in [-0.2, -0.15) is 5.10 Å². The predicted molar refractivity (Wildman–Crippen MR) is 100 cm³/mol. The molecule has 3 rings (SSSR count). The lowest BCUT2D eigenvalue weighted by Crippen LogP contribution is -2.19. The van der Waals surface area contributed by atoms with E-state index in [-0.39, 0.29) is 5.92 Å². The van der Waals surface area contributed by atoms with E-state index in [9.17, 15) is 0 Å². The van der Waals surface area contributed by atoms with E-state index in [0.717, 1.165) is 11.3 Å². The Hall–Kier alpha value is -2.59. The van der Waals surface area contributed by atoms with Gasteiger partial charge in [0.2, 0.25) is 0 Å². The number of aliphatic imine (C=N–C) groups is 1. The van der Waals surface area contributed by atoms with Gasteiger partial charge in [0.25, 0.3) is 0 Å². The third-order valence-corrected chi connectivity index (χ3v) is 4.11. The Morgan fingerprint density at radius 2 is 1.88 bits per heavy atom. The van der Waals surface area contributed by atoms with E-state index in [2.05, 4.69) is 23.7 Å². The Labute approximate surface area is 147 Å². The fourth-order valence-corrected chi connectivity index (χ4v) is 2.88. The fraction of sp³-hybridized carbons (Fsp3) is 0.158. The zero-order valence-corrected chi connectivity index (χ0v) is 14.2. The van der Waals surface area contributed by atoms with Crippen LogP contribution in [0.4, 0.5) is 0 Å². The topological polar surface area (TPSA) is 54.0 Å². The highest BCUT2D eigenvalue weighted by molar-refractivity contribution is 6.30. The molecule has 1 aliphatic rings. The highest BCUT2D eigenvalue weighted by Gasteiger charge is 2.30. The van der Waals surface area contributed by atoms with Gasteiger partial charge in [-0.15, -0.1) is 0 Å². The first kappa shape index (κ1) is 16.3. The van der Waals surface area contributed by atoms with Crippen molar-refractivity contribution in [2.45, 2.75) is 12.8 Å². The van der Waals surface area contributed by atoms with Gasteiger partial charge in [-0.1, -0.05) is 60.6 Å². The van der Waals surface area contributed by atoms with Crippen LogP contribution in [-0.4, -0.2) is 23.1 Å². The molecule has 4 nitrogen and oxygen atoms in total. The average Bonchev–Trinajstić information content (AvgIpc) is 3.01. The van der Waals surface area contributed by atoms with Gasteiger partial charge < -0.3 is 5.73 Å². The summed E-state index contributed by atoms with van der Waals surface area (Å²) < 4.78 is 0. The highest BCUT2D eigenvalue weighted by atomic mass is 35.5. The Bertz CT molecular complexity index is 790. The monoisotopic (exact) mass is 338 g/mol. The van der Waals surface area contributed by atoms with Crippen molar-refractivity contribution in [3.8, 4) is 0 Å². The number of rotatable bonds is 4. The lowest BCUT2D eigenvalue weighted by molar-refractivity contribution is 0.388. The molecule has 2 N–H and O–H groups in total. The SMILES string of the molecule is C=C(N=C(C)N)N1CC(c2ccccc2)C(c2ccc(Cl)cc2)=N1. The van der Waals surface area contributed by atoms with E-state index >= 15 is 0 Å². The molecule has 2 aromatic rings. The van der Waals surface area contributed by atoms with Crippen molar-refractivity contribution < 1.29 is 0 Å². The van der Waals surface area contributed by atoms with E-state index in [0.29, 0.717) is 23.2 Å². The number of hydrogen-bond donors (Lipinski definition) is 1. The number of benzene rings is 2. The fourth-order valence-electron chi connectivity index (χ4n) is 2.75. The number of amidine groups is 1. The molecule has 122 valence electrons. The van der Waals surface area contributed by atoms with Gasteiger partial charge in [0.05, 0.1) is 18.1 Å². The Morgan fingerprint density at radius 3 is 2.50 bits per heavy atom. The van der Waals surface area contributed by atoms with Crippen LogP contribution in [0.15, 0.2) is 77.1 Å². The van der Waals surface area contributed by atoms with Crippen molar-refractivity contribution in [3.63, 3.8) is 0 Å². The molecule has 0 bridgehead atoms. The van der Waals surface area contributed by atoms with Crippen LogP contribution in [0.1, 0.15) is 24.0 Å². The summed E-state index contributed by atoms with van der Waals surface area (Å²) in [6.45, 7) is 6.39. The molecule has 1 unspecified atom stereocenters. The molecule has 0 spiro atoms. The van der Waals surface area contributed by atoms with Crippen LogP contribution in [0.5, 0.6) is 0 Å². The van der Waals surface area contributed by atoms with Gasteiger partial charge in [-0.25, -0.2) is 10.0 Å². The molecule has 0 fully saturated rings. The van der Waals surface area contributed by atoms with Crippen molar-refractivity contribution in [3.05, 3.63) is 83.1 Å². The molecule has 24 heavy (non-hydrogen) atoms. The van der Waals surface area contributed by atoms with E-state index in [1.54, 1.807) is 11.9 Å². The van der Waals surface area contributed by atoms with Gasteiger partial charge in [0, 0.05) is 10.9 Å². The first-order chi connectivity index (χ1) is 11.5.